The predicted octanol–water partition coefficient (Wildman–Crippen LogP) is 3.40. The van der Waals surface area contributed by atoms with Crippen molar-refractivity contribution in [3.63, 3.8) is 0 Å². The quantitative estimate of drug-likeness (QED) is 0.777. The molecule has 18 heavy (non-hydrogen) atoms. The van der Waals surface area contributed by atoms with Crippen LogP contribution in [0, 0.1) is 23.7 Å². The van der Waals surface area contributed by atoms with Gasteiger partial charge in [-0.15, -0.1) is 0 Å². The fourth-order valence-corrected chi connectivity index (χ4v) is 3.71. The number of aliphatic hydroxyl groups is 1. The van der Waals surface area contributed by atoms with Gasteiger partial charge in [-0.1, -0.05) is 26.0 Å². The summed E-state index contributed by atoms with van der Waals surface area (Å²) in [5.74, 6) is 2.29. The fourth-order valence-electron chi connectivity index (χ4n) is 3.71. The molecule has 2 unspecified atom stereocenters. The molecular formula is C16H28O2. The third-order valence-corrected chi connectivity index (χ3v) is 4.65. The van der Waals surface area contributed by atoms with Crippen molar-refractivity contribution >= 4 is 0 Å². The van der Waals surface area contributed by atoms with E-state index in [1.54, 1.807) is 0 Å². The van der Waals surface area contributed by atoms with Gasteiger partial charge in [0, 0.05) is 12.5 Å². The summed E-state index contributed by atoms with van der Waals surface area (Å²) in [5.41, 5.74) is 0. The molecule has 1 N–H and O–H groups in total. The van der Waals surface area contributed by atoms with Gasteiger partial charge in [0.25, 0.3) is 0 Å². The Bertz CT molecular complexity index is 262. The van der Waals surface area contributed by atoms with Crippen LogP contribution in [-0.2, 0) is 4.74 Å². The highest BCUT2D eigenvalue weighted by Gasteiger charge is 2.33. The van der Waals surface area contributed by atoms with E-state index in [0.717, 1.165) is 19.4 Å². The van der Waals surface area contributed by atoms with Crippen LogP contribution < -0.4 is 0 Å². The number of ether oxygens (including phenoxy) is 1. The summed E-state index contributed by atoms with van der Waals surface area (Å²) in [7, 11) is 0. The molecule has 2 rings (SSSR count). The second kappa shape index (κ2) is 6.72. The van der Waals surface area contributed by atoms with Crippen molar-refractivity contribution in [1.82, 2.24) is 0 Å². The lowest BCUT2D eigenvalue weighted by atomic mass is 9.74. The van der Waals surface area contributed by atoms with Crippen molar-refractivity contribution in [3.8, 4) is 0 Å². The Kier molecular flexibility index (Phi) is 5.25. The first-order valence-electron chi connectivity index (χ1n) is 7.59. The summed E-state index contributed by atoms with van der Waals surface area (Å²) in [4.78, 5) is 0. The fraction of sp³-hybridized carbons (Fsp3) is 0.875. The van der Waals surface area contributed by atoms with Crippen LogP contribution in [0.1, 0.15) is 46.0 Å². The molecule has 0 saturated heterocycles. The average Bonchev–Trinajstić information content (AvgIpc) is 2.38. The van der Waals surface area contributed by atoms with Crippen LogP contribution in [0.4, 0.5) is 0 Å². The van der Waals surface area contributed by atoms with Crippen molar-refractivity contribution in [2.24, 2.45) is 23.7 Å². The van der Waals surface area contributed by atoms with Crippen molar-refractivity contribution in [3.05, 3.63) is 12.2 Å². The van der Waals surface area contributed by atoms with E-state index in [9.17, 15) is 5.11 Å². The Morgan fingerprint density at radius 2 is 1.94 bits per heavy atom. The van der Waals surface area contributed by atoms with E-state index in [1.807, 2.05) is 0 Å². The van der Waals surface area contributed by atoms with Gasteiger partial charge in [0.15, 0.2) is 0 Å². The first kappa shape index (κ1) is 14.1. The van der Waals surface area contributed by atoms with Crippen molar-refractivity contribution in [2.45, 2.75) is 52.1 Å². The van der Waals surface area contributed by atoms with E-state index >= 15 is 0 Å². The third kappa shape index (κ3) is 3.58. The van der Waals surface area contributed by atoms with Crippen LogP contribution in [0.25, 0.3) is 0 Å². The van der Waals surface area contributed by atoms with Crippen LogP contribution >= 0.6 is 0 Å². The van der Waals surface area contributed by atoms with Crippen LogP contribution in [0.5, 0.6) is 0 Å². The molecule has 0 amide bonds. The van der Waals surface area contributed by atoms with E-state index in [-0.39, 0.29) is 0 Å². The topological polar surface area (TPSA) is 29.5 Å². The van der Waals surface area contributed by atoms with Crippen LogP contribution in [0.3, 0.4) is 0 Å². The van der Waals surface area contributed by atoms with Crippen molar-refractivity contribution < 1.29 is 9.84 Å². The van der Waals surface area contributed by atoms with Gasteiger partial charge in [-0.3, -0.25) is 0 Å². The van der Waals surface area contributed by atoms with Gasteiger partial charge >= 0.3 is 0 Å². The van der Waals surface area contributed by atoms with Crippen molar-refractivity contribution in [1.29, 1.82) is 0 Å². The highest BCUT2D eigenvalue weighted by Crippen LogP contribution is 2.35. The second-order valence-electron chi connectivity index (χ2n) is 6.39. The molecule has 2 heteroatoms. The summed E-state index contributed by atoms with van der Waals surface area (Å²) in [5, 5.41) is 9.30. The van der Waals surface area contributed by atoms with E-state index in [0.29, 0.717) is 36.4 Å². The van der Waals surface area contributed by atoms with E-state index < -0.39 is 0 Å². The van der Waals surface area contributed by atoms with E-state index in [2.05, 4.69) is 26.0 Å². The molecule has 2 nitrogen and oxygen atoms in total. The number of rotatable bonds is 4. The van der Waals surface area contributed by atoms with Gasteiger partial charge < -0.3 is 9.84 Å². The Morgan fingerprint density at radius 1 is 1.22 bits per heavy atom. The molecule has 0 bridgehead atoms. The monoisotopic (exact) mass is 252 g/mol. The minimum Gasteiger partial charge on any atom is -0.396 e. The Labute approximate surface area is 111 Å². The predicted molar refractivity (Wildman–Crippen MR) is 74.4 cm³/mol. The molecule has 2 aliphatic carbocycles. The largest absolute Gasteiger partial charge is 0.396 e. The summed E-state index contributed by atoms with van der Waals surface area (Å²) in [6, 6.07) is 0. The van der Waals surface area contributed by atoms with Gasteiger partial charge in [-0.05, 0) is 49.9 Å². The first-order chi connectivity index (χ1) is 8.70. The number of hydrogen-bond donors (Lipinski definition) is 1. The van der Waals surface area contributed by atoms with Crippen molar-refractivity contribution in [2.75, 3.05) is 13.2 Å². The third-order valence-electron chi connectivity index (χ3n) is 4.65. The van der Waals surface area contributed by atoms with Crippen LogP contribution in [0.15, 0.2) is 12.2 Å². The highest BCUT2D eigenvalue weighted by molar-refractivity contribution is 4.93. The standard InChI is InChI=1S/C16H28O2/c1-12-8-15(10-17)9-13(2)16(12)18-11-14-6-4-3-5-7-14/h4,6,12-17H,3,5,7-11H2,1-2H3/t12?,13?,14-,15?,16?/m1/s1. The molecule has 0 aromatic heterocycles. The Balaban J connectivity index is 1.81. The molecule has 1 saturated carbocycles. The summed E-state index contributed by atoms with van der Waals surface area (Å²) < 4.78 is 6.21. The summed E-state index contributed by atoms with van der Waals surface area (Å²) in [6.45, 7) is 5.78. The second-order valence-corrected chi connectivity index (χ2v) is 6.39. The molecule has 2 aliphatic rings. The van der Waals surface area contributed by atoms with Crippen LogP contribution in [0.2, 0.25) is 0 Å². The molecule has 0 spiro atoms. The minimum atomic E-state index is 0.340. The lowest BCUT2D eigenvalue weighted by Gasteiger charge is -2.39. The first-order valence-corrected chi connectivity index (χ1v) is 7.59. The molecule has 104 valence electrons. The lowest BCUT2D eigenvalue weighted by molar-refractivity contribution is -0.0650. The summed E-state index contributed by atoms with van der Waals surface area (Å²) >= 11 is 0. The maximum atomic E-state index is 9.30. The molecule has 0 heterocycles. The minimum absolute atomic E-state index is 0.340. The molecule has 0 radical (unpaired) electrons. The Hall–Kier alpha value is -0.340. The van der Waals surface area contributed by atoms with E-state index in [1.165, 1.54) is 19.3 Å². The maximum absolute atomic E-state index is 9.30. The van der Waals surface area contributed by atoms with Gasteiger partial charge in [0.2, 0.25) is 0 Å². The SMILES string of the molecule is CC1CC(CO)CC(C)C1OC[C@@H]1C=CCCC1. The van der Waals surface area contributed by atoms with Gasteiger partial charge in [0.1, 0.15) is 0 Å². The zero-order chi connectivity index (χ0) is 13.0. The lowest BCUT2D eigenvalue weighted by Crippen LogP contribution is -2.38. The molecule has 3 atom stereocenters. The normalized spacial score (nSPS) is 40.9. The highest BCUT2D eigenvalue weighted by atomic mass is 16.5. The molecule has 0 aromatic rings. The molecular weight excluding hydrogens is 224 g/mol. The van der Waals surface area contributed by atoms with Gasteiger partial charge in [0.05, 0.1) is 12.7 Å². The average molecular weight is 252 g/mol. The molecule has 0 aromatic carbocycles. The number of allylic oxidation sites excluding steroid dienone is 1. The molecule has 1 fully saturated rings. The van der Waals surface area contributed by atoms with Crippen LogP contribution in [-0.4, -0.2) is 24.4 Å². The smallest absolute Gasteiger partial charge is 0.0626 e. The molecule has 0 aliphatic heterocycles. The Morgan fingerprint density at radius 3 is 2.50 bits per heavy atom. The summed E-state index contributed by atoms with van der Waals surface area (Å²) in [6.07, 6.45) is 11.1. The zero-order valence-electron chi connectivity index (χ0n) is 11.8. The number of hydrogen-bond acceptors (Lipinski definition) is 2. The van der Waals surface area contributed by atoms with Gasteiger partial charge in [-0.2, -0.15) is 0 Å². The number of aliphatic hydroxyl groups excluding tert-OH is 1. The maximum Gasteiger partial charge on any atom is 0.0626 e. The van der Waals surface area contributed by atoms with E-state index in [4.69, 9.17) is 4.74 Å². The van der Waals surface area contributed by atoms with Gasteiger partial charge in [-0.25, -0.2) is 0 Å². The zero-order valence-corrected chi connectivity index (χ0v) is 11.8.